The van der Waals surface area contributed by atoms with Crippen molar-refractivity contribution < 1.29 is 0 Å². The second-order valence-electron chi connectivity index (χ2n) is 8.62. The Balaban J connectivity index is 1.54. The van der Waals surface area contributed by atoms with Crippen molar-refractivity contribution in [3.05, 3.63) is 105 Å². The fourth-order valence-corrected chi connectivity index (χ4v) is 4.58. The van der Waals surface area contributed by atoms with Gasteiger partial charge in [-0.05, 0) is 47.7 Å². The van der Waals surface area contributed by atoms with E-state index in [0.29, 0.717) is 12.1 Å². The molecule has 0 radical (unpaired) electrons. The van der Waals surface area contributed by atoms with Crippen LogP contribution in [0.1, 0.15) is 29.7 Å². The maximum absolute atomic E-state index is 12.7. The fourth-order valence-electron chi connectivity index (χ4n) is 4.38. The van der Waals surface area contributed by atoms with Gasteiger partial charge in [-0.15, -0.1) is 0 Å². The molecule has 5 aromatic rings. The summed E-state index contributed by atoms with van der Waals surface area (Å²) < 4.78 is 1.64. The molecule has 35 heavy (non-hydrogen) atoms. The number of nitriles is 1. The third-order valence-corrected chi connectivity index (χ3v) is 6.60. The summed E-state index contributed by atoms with van der Waals surface area (Å²) >= 11 is 6.09. The van der Waals surface area contributed by atoms with Crippen LogP contribution >= 0.6 is 11.6 Å². The van der Waals surface area contributed by atoms with Crippen molar-refractivity contribution in [3.63, 3.8) is 0 Å². The van der Waals surface area contributed by atoms with Crippen LogP contribution < -0.4 is 10.9 Å². The summed E-state index contributed by atoms with van der Waals surface area (Å²) in [6.45, 7) is 2.13. The van der Waals surface area contributed by atoms with Crippen LogP contribution in [0.4, 0.5) is 11.4 Å². The summed E-state index contributed by atoms with van der Waals surface area (Å²) in [5.74, 6) is 0.107. The molecule has 6 nitrogen and oxygen atoms in total. The maximum atomic E-state index is 12.7. The van der Waals surface area contributed by atoms with Crippen LogP contribution in [0.25, 0.3) is 21.7 Å². The van der Waals surface area contributed by atoms with Gasteiger partial charge in [-0.2, -0.15) is 5.26 Å². The zero-order valence-corrected chi connectivity index (χ0v) is 20.0. The lowest BCUT2D eigenvalue weighted by molar-refractivity contribution is 0.733. The SMILES string of the molecule is CC(Cc1cc(=O)n(C)c2ccc(Nc3ccnc(Cl)c3C#N)cc12)c1cc2ccccc2cn1. The van der Waals surface area contributed by atoms with Crippen molar-refractivity contribution in [2.24, 2.45) is 7.05 Å². The number of halogens is 1. The molecule has 0 amide bonds. The van der Waals surface area contributed by atoms with Gasteiger partial charge in [0, 0.05) is 53.6 Å². The number of pyridine rings is 3. The van der Waals surface area contributed by atoms with Crippen molar-refractivity contribution >= 4 is 44.7 Å². The van der Waals surface area contributed by atoms with Crippen molar-refractivity contribution in [2.75, 3.05) is 5.32 Å². The topological polar surface area (TPSA) is 83.6 Å². The molecule has 2 aromatic carbocycles. The Bertz CT molecular complexity index is 1690. The average Bonchev–Trinajstić information content (AvgIpc) is 2.87. The van der Waals surface area contributed by atoms with Crippen molar-refractivity contribution in [2.45, 2.75) is 19.3 Å². The number of hydrogen-bond acceptors (Lipinski definition) is 5. The number of aryl methyl sites for hydroxylation is 1. The number of benzene rings is 2. The third kappa shape index (κ3) is 4.34. The molecule has 0 fully saturated rings. The first-order chi connectivity index (χ1) is 16.9. The summed E-state index contributed by atoms with van der Waals surface area (Å²) in [6.07, 6.45) is 4.11. The van der Waals surface area contributed by atoms with E-state index >= 15 is 0 Å². The second-order valence-corrected chi connectivity index (χ2v) is 8.98. The highest BCUT2D eigenvalue weighted by Crippen LogP contribution is 2.30. The van der Waals surface area contributed by atoms with E-state index in [1.54, 1.807) is 29.9 Å². The zero-order chi connectivity index (χ0) is 24.5. The summed E-state index contributed by atoms with van der Waals surface area (Å²) in [4.78, 5) is 21.4. The molecule has 0 saturated carbocycles. The Kier molecular flexibility index (Phi) is 5.94. The van der Waals surface area contributed by atoms with E-state index in [4.69, 9.17) is 11.6 Å². The summed E-state index contributed by atoms with van der Waals surface area (Å²) in [6, 6.07) is 21.6. The molecule has 172 valence electrons. The van der Waals surface area contributed by atoms with Crippen LogP contribution in [0.2, 0.25) is 5.15 Å². The maximum Gasteiger partial charge on any atom is 0.251 e. The monoisotopic (exact) mass is 479 g/mol. The standard InChI is InChI=1S/C28H22ClN5O/c1-17(25-12-18-5-3-4-6-19(18)16-32-25)11-20-13-27(35)34(2)26-8-7-21(14-22(20)26)33-24-9-10-31-28(29)23(24)15-30/h3-10,12-14,16-17H,11H2,1-2H3,(H,31,33). The second kappa shape index (κ2) is 9.21. The van der Waals surface area contributed by atoms with Gasteiger partial charge in [-0.25, -0.2) is 4.98 Å². The van der Waals surface area contributed by atoms with Gasteiger partial charge in [0.05, 0.1) is 11.2 Å². The highest BCUT2D eigenvalue weighted by Gasteiger charge is 2.15. The largest absolute Gasteiger partial charge is 0.354 e. The van der Waals surface area contributed by atoms with E-state index in [1.807, 2.05) is 42.6 Å². The molecule has 0 aliphatic rings. The lowest BCUT2D eigenvalue weighted by Crippen LogP contribution is -2.18. The van der Waals surface area contributed by atoms with E-state index in [2.05, 4.69) is 40.4 Å². The molecule has 3 heterocycles. The van der Waals surface area contributed by atoms with Crippen LogP contribution in [0.3, 0.4) is 0 Å². The normalized spacial score (nSPS) is 11.9. The minimum Gasteiger partial charge on any atom is -0.354 e. The molecule has 5 rings (SSSR count). The quantitative estimate of drug-likeness (QED) is 0.308. The van der Waals surface area contributed by atoms with Crippen molar-refractivity contribution in [1.82, 2.24) is 14.5 Å². The molecule has 0 saturated heterocycles. The predicted octanol–water partition coefficient (Wildman–Crippen LogP) is 6.10. The molecule has 1 N–H and O–H groups in total. The summed E-state index contributed by atoms with van der Waals surface area (Å²) in [5.41, 5.74) is 4.36. The third-order valence-electron chi connectivity index (χ3n) is 6.31. The number of fused-ring (bicyclic) bond motifs is 2. The van der Waals surface area contributed by atoms with Gasteiger partial charge in [0.2, 0.25) is 0 Å². The minimum atomic E-state index is -0.0560. The smallest absolute Gasteiger partial charge is 0.251 e. The first-order valence-electron chi connectivity index (χ1n) is 11.2. The van der Waals surface area contributed by atoms with Gasteiger partial charge in [0.25, 0.3) is 5.56 Å². The average molecular weight is 480 g/mol. The molecule has 1 unspecified atom stereocenters. The molecule has 0 aliphatic carbocycles. The highest BCUT2D eigenvalue weighted by molar-refractivity contribution is 6.31. The van der Waals surface area contributed by atoms with E-state index in [-0.39, 0.29) is 22.2 Å². The molecule has 0 spiro atoms. The Hall–Kier alpha value is -4.21. The van der Waals surface area contributed by atoms with Gasteiger partial charge in [0.15, 0.2) is 0 Å². The van der Waals surface area contributed by atoms with Crippen LogP contribution in [-0.4, -0.2) is 14.5 Å². The molecule has 3 aromatic heterocycles. The van der Waals surface area contributed by atoms with Crippen molar-refractivity contribution in [3.8, 4) is 6.07 Å². The van der Waals surface area contributed by atoms with Crippen LogP contribution in [0.5, 0.6) is 0 Å². The van der Waals surface area contributed by atoms with E-state index in [1.165, 1.54) is 0 Å². The van der Waals surface area contributed by atoms with Gasteiger partial charge < -0.3 is 9.88 Å². The summed E-state index contributed by atoms with van der Waals surface area (Å²) in [7, 11) is 1.77. The Morgan fingerprint density at radius 2 is 1.89 bits per heavy atom. The van der Waals surface area contributed by atoms with E-state index < -0.39 is 0 Å². The number of nitrogens with zero attached hydrogens (tertiary/aromatic N) is 4. The lowest BCUT2D eigenvalue weighted by Gasteiger charge is -2.16. The predicted molar refractivity (Wildman–Crippen MR) is 140 cm³/mol. The van der Waals surface area contributed by atoms with Crippen LogP contribution in [-0.2, 0) is 13.5 Å². The fraction of sp³-hybridized carbons (Fsp3) is 0.143. The van der Waals surface area contributed by atoms with Crippen molar-refractivity contribution in [1.29, 1.82) is 5.26 Å². The Morgan fingerprint density at radius 3 is 2.69 bits per heavy atom. The first kappa shape index (κ1) is 22.6. The van der Waals surface area contributed by atoms with E-state index in [0.717, 1.165) is 38.6 Å². The molecule has 1 atom stereocenters. The molecule has 7 heteroatoms. The lowest BCUT2D eigenvalue weighted by atomic mass is 9.94. The number of nitrogens with one attached hydrogen (secondary N) is 1. The first-order valence-corrected chi connectivity index (χ1v) is 11.6. The highest BCUT2D eigenvalue weighted by atomic mass is 35.5. The van der Waals surface area contributed by atoms with E-state index in [9.17, 15) is 10.1 Å². The minimum absolute atomic E-state index is 0.0560. The molecule has 0 bridgehead atoms. The Labute approximate surface area is 207 Å². The van der Waals surface area contributed by atoms with Crippen LogP contribution in [0.15, 0.2) is 77.9 Å². The van der Waals surface area contributed by atoms with Crippen LogP contribution in [0, 0.1) is 11.3 Å². The molecule has 0 aliphatic heterocycles. The summed E-state index contributed by atoms with van der Waals surface area (Å²) in [5, 5.41) is 16.1. The van der Waals surface area contributed by atoms with Gasteiger partial charge in [-0.3, -0.25) is 9.78 Å². The molecular weight excluding hydrogens is 458 g/mol. The van der Waals surface area contributed by atoms with Gasteiger partial charge in [-0.1, -0.05) is 42.8 Å². The van der Waals surface area contributed by atoms with Gasteiger partial charge >= 0.3 is 0 Å². The molecular formula is C28H22ClN5O. The number of hydrogen-bond donors (Lipinski definition) is 1. The van der Waals surface area contributed by atoms with Gasteiger partial charge in [0.1, 0.15) is 16.8 Å². The Morgan fingerprint density at radius 1 is 1.09 bits per heavy atom. The number of rotatable bonds is 5. The number of anilines is 2. The number of aromatic nitrogens is 3. The zero-order valence-electron chi connectivity index (χ0n) is 19.3.